The highest BCUT2D eigenvalue weighted by molar-refractivity contribution is 5.58. The number of alkyl halides is 3. The van der Waals surface area contributed by atoms with Gasteiger partial charge in [-0.05, 0) is 24.3 Å². The van der Waals surface area contributed by atoms with E-state index in [1.807, 2.05) is 13.8 Å². The Morgan fingerprint density at radius 1 is 1.21 bits per heavy atom. The minimum absolute atomic E-state index is 0.233. The molecule has 0 amide bonds. The maximum absolute atomic E-state index is 12.9. The summed E-state index contributed by atoms with van der Waals surface area (Å²) >= 11 is 0. The number of halogens is 3. The fraction of sp³-hybridized carbons (Fsp3) is 0.529. The lowest BCUT2D eigenvalue weighted by atomic mass is 9.94. The molecule has 24 heavy (non-hydrogen) atoms. The number of methoxy groups -OCH3 is 1. The van der Waals surface area contributed by atoms with Crippen LogP contribution >= 0.6 is 0 Å². The maximum atomic E-state index is 12.9. The molecule has 0 atom stereocenters. The van der Waals surface area contributed by atoms with Crippen molar-refractivity contribution >= 4 is 6.08 Å². The highest BCUT2D eigenvalue weighted by Crippen LogP contribution is 2.34. The average Bonchev–Trinajstić information content (AvgIpc) is 3.05. The molecular weight excluding hydrogens is 325 g/mol. The molecule has 0 spiro atoms. The molecule has 7 heteroatoms. The molecule has 0 saturated carbocycles. The van der Waals surface area contributed by atoms with E-state index in [-0.39, 0.29) is 12.2 Å². The van der Waals surface area contributed by atoms with Gasteiger partial charge in [0.05, 0.1) is 38.8 Å². The van der Waals surface area contributed by atoms with Crippen LogP contribution in [0.15, 0.2) is 24.5 Å². The van der Waals surface area contributed by atoms with Crippen LogP contribution in [-0.4, -0.2) is 33.2 Å². The molecule has 1 aromatic carbocycles. The summed E-state index contributed by atoms with van der Waals surface area (Å²) in [6.45, 7) is 5.11. The van der Waals surface area contributed by atoms with E-state index in [0.29, 0.717) is 19.0 Å². The summed E-state index contributed by atoms with van der Waals surface area (Å²) in [5, 5.41) is 0. The Morgan fingerprint density at radius 3 is 2.46 bits per heavy atom. The molecule has 0 aliphatic carbocycles. The molecular formula is C17H21F3O4. The molecule has 0 N–H and O–H groups in total. The van der Waals surface area contributed by atoms with Gasteiger partial charge >= 0.3 is 6.18 Å². The van der Waals surface area contributed by atoms with Crippen LogP contribution in [0.4, 0.5) is 13.2 Å². The van der Waals surface area contributed by atoms with E-state index >= 15 is 0 Å². The van der Waals surface area contributed by atoms with Crippen molar-refractivity contribution in [3.8, 4) is 5.75 Å². The van der Waals surface area contributed by atoms with Crippen LogP contribution in [0.2, 0.25) is 0 Å². The summed E-state index contributed by atoms with van der Waals surface area (Å²) in [4.78, 5) is 0. The summed E-state index contributed by atoms with van der Waals surface area (Å²) in [5.41, 5.74) is -0.899. The SMILES string of the molecule is CO/C=C\c1cc(C(F)(F)F)ccc1OCC(C)(C)C1OCCO1. The van der Waals surface area contributed by atoms with Crippen LogP contribution in [0.25, 0.3) is 6.08 Å². The Labute approximate surface area is 139 Å². The van der Waals surface area contributed by atoms with E-state index < -0.39 is 23.4 Å². The Morgan fingerprint density at radius 2 is 1.88 bits per heavy atom. The van der Waals surface area contributed by atoms with E-state index in [1.165, 1.54) is 25.5 Å². The lowest BCUT2D eigenvalue weighted by molar-refractivity contribution is -0.137. The van der Waals surface area contributed by atoms with Crippen molar-refractivity contribution in [2.75, 3.05) is 26.9 Å². The fourth-order valence-corrected chi connectivity index (χ4v) is 2.27. The summed E-state index contributed by atoms with van der Waals surface area (Å²) in [6.07, 6.45) is -2.08. The largest absolute Gasteiger partial charge is 0.504 e. The predicted molar refractivity (Wildman–Crippen MR) is 82.5 cm³/mol. The second-order valence-electron chi connectivity index (χ2n) is 6.14. The third kappa shape index (κ3) is 4.64. The minimum Gasteiger partial charge on any atom is -0.504 e. The molecule has 0 aromatic heterocycles. The maximum Gasteiger partial charge on any atom is 0.416 e. The normalized spacial score (nSPS) is 16.8. The highest BCUT2D eigenvalue weighted by Gasteiger charge is 2.35. The Bertz CT molecular complexity index is 576. The van der Waals surface area contributed by atoms with Crippen molar-refractivity contribution in [3.05, 3.63) is 35.6 Å². The number of ether oxygens (including phenoxy) is 4. The summed E-state index contributed by atoms with van der Waals surface area (Å²) in [7, 11) is 1.42. The van der Waals surface area contributed by atoms with E-state index in [2.05, 4.69) is 0 Å². The first-order valence-corrected chi connectivity index (χ1v) is 7.50. The van der Waals surface area contributed by atoms with E-state index in [1.54, 1.807) is 0 Å². The van der Waals surface area contributed by atoms with Crippen LogP contribution in [0.3, 0.4) is 0 Å². The quantitative estimate of drug-likeness (QED) is 0.727. The van der Waals surface area contributed by atoms with Crippen molar-refractivity contribution in [2.24, 2.45) is 5.41 Å². The van der Waals surface area contributed by atoms with Gasteiger partial charge in [0.2, 0.25) is 0 Å². The van der Waals surface area contributed by atoms with Crippen molar-refractivity contribution in [3.63, 3.8) is 0 Å². The van der Waals surface area contributed by atoms with Gasteiger partial charge in [0, 0.05) is 11.0 Å². The fourth-order valence-electron chi connectivity index (χ4n) is 2.27. The van der Waals surface area contributed by atoms with Crippen molar-refractivity contribution in [1.82, 2.24) is 0 Å². The first kappa shape index (κ1) is 18.6. The molecule has 0 radical (unpaired) electrons. The van der Waals surface area contributed by atoms with Crippen molar-refractivity contribution in [2.45, 2.75) is 26.3 Å². The third-order valence-corrected chi connectivity index (χ3v) is 3.58. The van der Waals surface area contributed by atoms with Gasteiger partial charge in [0.1, 0.15) is 5.75 Å². The van der Waals surface area contributed by atoms with Gasteiger partial charge in [-0.2, -0.15) is 13.2 Å². The molecule has 0 unspecified atom stereocenters. The van der Waals surface area contributed by atoms with Gasteiger partial charge in [-0.15, -0.1) is 0 Å². The van der Waals surface area contributed by atoms with Gasteiger partial charge < -0.3 is 18.9 Å². The standard InChI is InChI=1S/C17H21F3O4/c1-16(2,15-22-8-9-23-15)11-24-14-5-4-13(17(18,19)20)10-12(14)6-7-21-3/h4-7,10,15H,8-9,11H2,1-3H3/b7-6-. The third-order valence-electron chi connectivity index (χ3n) is 3.58. The zero-order chi connectivity index (χ0) is 17.8. The molecule has 2 rings (SSSR count). The predicted octanol–water partition coefficient (Wildman–Crippen LogP) is 4.10. The zero-order valence-corrected chi connectivity index (χ0v) is 13.9. The molecule has 1 fully saturated rings. The molecule has 1 aliphatic heterocycles. The van der Waals surface area contributed by atoms with Crippen molar-refractivity contribution < 1.29 is 32.1 Å². The lowest BCUT2D eigenvalue weighted by Crippen LogP contribution is -2.36. The number of hydrogen-bond donors (Lipinski definition) is 0. The Balaban J connectivity index is 2.17. The topological polar surface area (TPSA) is 36.9 Å². The minimum atomic E-state index is -4.42. The number of rotatable bonds is 6. The second kappa shape index (κ2) is 7.44. The Hall–Kier alpha value is -1.73. The summed E-state index contributed by atoms with van der Waals surface area (Å²) in [6, 6.07) is 3.33. The number of benzene rings is 1. The molecule has 0 bridgehead atoms. The molecule has 1 heterocycles. The monoisotopic (exact) mass is 346 g/mol. The van der Waals surface area contributed by atoms with Crippen LogP contribution in [0, 0.1) is 5.41 Å². The lowest BCUT2D eigenvalue weighted by Gasteiger charge is -2.29. The summed E-state index contributed by atoms with van der Waals surface area (Å²) in [5.74, 6) is 0.336. The molecule has 134 valence electrons. The van der Waals surface area contributed by atoms with E-state index in [4.69, 9.17) is 18.9 Å². The van der Waals surface area contributed by atoms with E-state index in [9.17, 15) is 13.2 Å². The van der Waals surface area contributed by atoms with Gasteiger partial charge in [-0.25, -0.2) is 0 Å². The first-order valence-electron chi connectivity index (χ1n) is 7.50. The second-order valence-corrected chi connectivity index (χ2v) is 6.14. The Kier molecular flexibility index (Phi) is 5.77. The van der Waals surface area contributed by atoms with Gasteiger partial charge in [-0.3, -0.25) is 0 Å². The van der Waals surface area contributed by atoms with Gasteiger partial charge in [0.25, 0.3) is 0 Å². The van der Waals surface area contributed by atoms with Crippen LogP contribution in [0.5, 0.6) is 5.75 Å². The molecule has 1 aliphatic rings. The van der Waals surface area contributed by atoms with Gasteiger partial charge in [0.15, 0.2) is 6.29 Å². The molecule has 4 nitrogen and oxygen atoms in total. The smallest absolute Gasteiger partial charge is 0.416 e. The van der Waals surface area contributed by atoms with Gasteiger partial charge in [-0.1, -0.05) is 13.8 Å². The summed E-state index contributed by atoms with van der Waals surface area (Å²) < 4.78 is 60.1. The van der Waals surface area contributed by atoms with Crippen LogP contribution < -0.4 is 4.74 Å². The first-order chi connectivity index (χ1) is 11.2. The van der Waals surface area contributed by atoms with Crippen LogP contribution in [0.1, 0.15) is 25.0 Å². The van der Waals surface area contributed by atoms with E-state index in [0.717, 1.165) is 12.1 Å². The molecule has 1 saturated heterocycles. The average molecular weight is 346 g/mol. The number of hydrogen-bond acceptors (Lipinski definition) is 4. The molecule has 1 aromatic rings. The van der Waals surface area contributed by atoms with Crippen molar-refractivity contribution in [1.29, 1.82) is 0 Å². The van der Waals surface area contributed by atoms with Crippen LogP contribution in [-0.2, 0) is 20.4 Å². The zero-order valence-electron chi connectivity index (χ0n) is 13.9. The highest BCUT2D eigenvalue weighted by atomic mass is 19.4.